The predicted molar refractivity (Wildman–Crippen MR) is 90.6 cm³/mol. The molecule has 0 unspecified atom stereocenters. The average molecular weight is 355 g/mol. The van der Waals surface area contributed by atoms with E-state index in [9.17, 15) is 14.7 Å². The summed E-state index contributed by atoms with van der Waals surface area (Å²) in [5.74, 6) is -0.282. The fourth-order valence-corrected chi connectivity index (χ4v) is 3.42. The van der Waals surface area contributed by atoms with E-state index in [-0.39, 0.29) is 11.9 Å². The zero-order valence-electron chi connectivity index (χ0n) is 13.9. The lowest BCUT2D eigenvalue weighted by molar-refractivity contribution is -0.173. The van der Waals surface area contributed by atoms with Crippen molar-refractivity contribution in [2.75, 3.05) is 14.2 Å². The molecular formula is C17H23ClN2O4. The summed E-state index contributed by atoms with van der Waals surface area (Å²) in [6.07, 6.45) is 0.984. The number of carboxylic acid groups (broad SMARTS) is 1. The van der Waals surface area contributed by atoms with Crippen LogP contribution in [-0.2, 0) is 16.2 Å². The lowest BCUT2D eigenvalue weighted by atomic mass is 9.84. The van der Waals surface area contributed by atoms with Crippen LogP contribution in [-0.4, -0.2) is 52.1 Å². The van der Waals surface area contributed by atoms with E-state index >= 15 is 0 Å². The van der Waals surface area contributed by atoms with E-state index in [1.54, 1.807) is 0 Å². The number of hydrogen-bond donors (Lipinski definition) is 1. The third kappa shape index (κ3) is 4.19. The second-order valence-corrected chi connectivity index (χ2v) is 6.80. The Balaban J connectivity index is 2.03. The van der Waals surface area contributed by atoms with Crippen LogP contribution in [0, 0.1) is 0 Å². The summed E-state index contributed by atoms with van der Waals surface area (Å²) >= 11 is 6.47. The van der Waals surface area contributed by atoms with Crippen LogP contribution in [0.15, 0.2) is 30.3 Å². The second kappa shape index (κ2) is 7.85. The fourth-order valence-electron chi connectivity index (χ4n) is 3.08. The third-order valence-electron chi connectivity index (χ3n) is 4.57. The summed E-state index contributed by atoms with van der Waals surface area (Å²) in [4.78, 5) is 29.3. The molecule has 1 saturated carbocycles. The van der Waals surface area contributed by atoms with Crippen molar-refractivity contribution in [1.82, 2.24) is 9.96 Å². The summed E-state index contributed by atoms with van der Waals surface area (Å²) in [6, 6.07) is 9.34. The number of alkyl halides is 1. The van der Waals surface area contributed by atoms with Gasteiger partial charge < -0.3 is 10.0 Å². The number of nitrogens with zero attached hydrogens (tertiary/aromatic N) is 2. The Kier molecular flexibility index (Phi) is 6.07. The number of halogens is 1. The van der Waals surface area contributed by atoms with Crippen molar-refractivity contribution in [1.29, 1.82) is 0 Å². The van der Waals surface area contributed by atoms with Crippen molar-refractivity contribution in [3.05, 3.63) is 35.9 Å². The average Bonchev–Trinajstić information content (AvgIpc) is 2.60. The van der Waals surface area contributed by atoms with Gasteiger partial charge in [-0.15, -0.1) is 11.6 Å². The molecule has 0 spiro atoms. The summed E-state index contributed by atoms with van der Waals surface area (Å²) in [5, 5.41) is 10.7. The van der Waals surface area contributed by atoms with Crippen LogP contribution in [0.5, 0.6) is 0 Å². The summed E-state index contributed by atoms with van der Waals surface area (Å²) in [5.41, 5.74) is 0.942. The Morgan fingerprint density at radius 2 is 1.88 bits per heavy atom. The first-order valence-electron chi connectivity index (χ1n) is 7.92. The molecule has 1 aromatic rings. The van der Waals surface area contributed by atoms with Gasteiger partial charge >= 0.3 is 6.09 Å². The number of rotatable bonds is 5. The largest absolute Gasteiger partial charge is 0.465 e. The van der Waals surface area contributed by atoms with E-state index in [1.165, 1.54) is 19.1 Å². The maximum absolute atomic E-state index is 12.3. The van der Waals surface area contributed by atoms with Gasteiger partial charge in [-0.05, 0) is 31.2 Å². The molecule has 6 nitrogen and oxygen atoms in total. The smallest absolute Gasteiger partial charge is 0.407 e. The molecule has 1 N–H and O–H groups in total. The Bertz CT molecular complexity index is 573. The molecule has 0 aliphatic heterocycles. The Morgan fingerprint density at radius 1 is 1.29 bits per heavy atom. The highest BCUT2D eigenvalue weighted by Gasteiger charge is 2.43. The minimum absolute atomic E-state index is 0.143. The van der Waals surface area contributed by atoms with Crippen LogP contribution < -0.4 is 0 Å². The van der Waals surface area contributed by atoms with Crippen molar-refractivity contribution in [2.45, 2.75) is 43.1 Å². The van der Waals surface area contributed by atoms with E-state index in [1.807, 2.05) is 30.3 Å². The first-order valence-corrected chi connectivity index (χ1v) is 8.30. The lowest BCUT2D eigenvalue weighted by Gasteiger charge is -2.39. The van der Waals surface area contributed by atoms with Crippen LogP contribution >= 0.6 is 11.6 Å². The molecule has 2 rings (SSSR count). The van der Waals surface area contributed by atoms with E-state index in [4.69, 9.17) is 16.4 Å². The lowest BCUT2D eigenvalue weighted by Crippen LogP contribution is -2.49. The van der Waals surface area contributed by atoms with Crippen molar-refractivity contribution < 1.29 is 19.5 Å². The SMILES string of the molecule is CON(C)C(=O)[C@]1(Cl)CC[C@H](N(Cc2ccccc2)C(=O)O)CC1. The minimum Gasteiger partial charge on any atom is -0.465 e. The molecule has 1 aliphatic carbocycles. The first-order chi connectivity index (χ1) is 11.4. The summed E-state index contributed by atoms with van der Waals surface area (Å²) < 4.78 is 0. The summed E-state index contributed by atoms with van der Waals surface area (Å²) in [6.45, 7) is 0.335. The van der Waals surface area contributed by atoms with Gasteiger partial charge in [0.05, 0.1) is 7.11 Å². The molecule has 1 aliphatic rings. The first kappa shape index (κ1) is 18.5. The van der Waals surface area contributed by atoms with Gasteiger partial charge in [-0.3, -0.25) is 9.63 Å². The van der Waals surface area contributed by atoms with Gasteiger partial charge in [-0.2, -0.15) is 0 Å². The number of carbonyl (C=O) groups is 2. The number of carbonyl (C=O) groups excluding carboxylic acids is 1. The van der Waals surface area contributed by atoms with Crippen molar-refractivity contribution in [2.24, 2.45) is 0 Å². The third-order valence-corrected chi connectivity index (χ3v) is 5.11. The molecule has 0 bridgehead atoms. The van der Waals surface area contributed by atoms with E-state index in [0.717, 1.165) is 10.6 Å². The van der Waals surface area contributed by atoms with Crippen LogP contribution in [0.25, 0.3) is 0 Å². The standard InChI is InChI=1S/C17H23ClN2O4/c1-19(24-2)15(21)17(18)10-8-14(9-11-17)20(16(22)23)12-13-6-4-3-5-7-13/h3-7,14H,8-12H2,1-2H3,(H,22,23)/t14-,17-. The van der Waals surface area contributed by atoms with Gasteiger partial charge in [0, 0.05) is 19.6 Å². The van der Waals surface area contributed by atoms with Crippen molar-refractivity contribution in [3.63, 3.8) is 0 Å². The molecule has 24 heavy (non-hydrogen) atoms. The number of benzene rings is 1. The molecule has 132 valence electrons. The summed E-state index contributed by atoms with van der Waals surface area (Å²) in [7, 11) is 2.94. The molecule has 0 aromatic heterocycles. The molecule has 0 heterocycles. The highest BCUT2D eigenvalue weighted by Crippen LogP contribution is 2.38. The predicted octanol–water partition coefficient (Wildman–Crippen LogP) is 3.11. The molecule has 1 fully saturated rings. The highest BCUT2D eigenvalue weighted by molar-refractivity contribution is 6.34. The topological polar surface area (TPSA) is 70.1 Å². The van der Waals surface area contributed by atoms with Gasteiger partial charge in [0.15, 0.2) is 0 Å². The van der Waals surface area contributed by atoms with E-state index in [2.05, 4.69) is 0 Å². The number of amides is 2. The molecule has 0 saturated heterocycles. The van der Waals surface area contributed by atoms with Gasteiger partial charge in [-0.1, -0.05) is 30.3 Å². The minimum atomic E-state index is -1.02. The van der Waals surface area contributed by atoms with Crippen LogP contribution in [0.2, 0.25) is 0 Å². The zero-order valence-corrected chi connectivity index (χ0v) is 14.7. The van der Waals surface area contributed by atoms with Gasteiger partial charge in [0.1, 0.15) is 4.87 Å². The Morgan fingerprint density at radius 3 is 2.38 bits per heavy atom. The maximum atomic E-state index is 12.3. The molecule has 7 heteroatoms. The second-order valence-electron chi connectivity index (χ2n) is 6.08. The van der Waals surface area contributed by atoms with Gasteiger partial charge in [0.25, 0.3) is 5.91 Å². The molecule has 1 aromatic carbocycles. The van der Waals surface area contributed by atoms with Crippen LogP contribution in [0.3, 0.4) is 0 Å². The monoisotopic (exact) mass is 354 g/mol. The molecule has 2 amide bonds. The quantitative estimate of drug-likeness (QED) is 0.651. The van der Waals surface area contributed by atoms with Crippen LogP contribution in [0.4, 0.5) is 4.79 Å². The van der Waals surface area contributed by atoms with E-state index in [0.29, 0.717) is 32.2 Å². The van der Waals surface area contributed by atoms with Crippen molar-refractivity contribution >= 4 is 23.6 Å². The number of hydrogen-bond acceptors (Lipinski definition) is 3. The van der Waals surface area contributed by atoms with E-state index < -0.39 is 11.0 Å². The van der Waals surface area contributed by atoms with Crippen molar-refractivity contribution in [3.8, 4) is 0 Å². The highest BCUT2D eigenvalue weighted by atomic mass is 35.5. The zero-order chi connectivity index (χ0) is 17.7. The van der Waals surface area contributed by atoms with Crippen LogP contribution in [0.1, 0.15) is 31.2 Å². The number of hydroxylamine groups is 2. The maximum Gasteiger partial charge on any atom is 0.407 e. The fraction of sp³-hybridized carbons (Fsp3) is 0.529. The van der Waals surface area contributed by atoms with Gasteiger partial charge in [-0.25, -0.2) is 9.86 Å². The van der Waals surface area contributed by atoms with Gasteiger partial charge in [0.2, 0.25) is 0 Å². The molecule has 0 atom stereocenters. The molecule has 0 radical (unpaired) electrons. The normalized spacial score (nSPS) is 23.5. The Labute approximate surface area is 146 Å². The molecular weight excluding hydrogens is 332 g/mol. The Hall–Kier alpha value is -1.79.